The fraction of sp³-hybridized carbons (Fsp3) is 0.909. The minimum Gasteiger partial charge on any atom is -0.342 e. The highest BCUT2D eigenvalue weighted by atomic mass is 16.2. The summed E-state index contributed by atoms with van der Waals surface area (Å²) in [7, 11) is 0. The van der Waals surface area contributed by atoms with Crippen LogP contribution in [0, 0.1) is 17.3 Å². The summed E-state index contributed by atoms with van der Waals surface area (Å²) >= 11 is 0. The number of fused-ring (bicyclic) bond motifs is 1. The van der Waals surface area contributed by atoms with Crippen LogP contribution in [0.1, 0.15) is 26.7 Å². The largest absolute Gasteiger partial charge is 0.342 e. The van der Waals surface area contributed by atoms with Gasteiger partial charge in [0.2, 0.25) is 5.91 Å². The highest BCUT2D eigenvalue weighted by molar-refractivity contribution is 5.82. The summed E-state index contributed by atoms with van der Waals surface area (Å²) in [6.45, 7) is 6.67. The van der Waals surface area contributed by atoms with Crippen molar-refractivity contribution in [3.63, 3.8) is 0 Å². The third-order valence-electron chi connectivity index (χ3n) is 3.49. The van der Waals surface area contributed by atoms with Crippen molar-refractivity contribution >= 4 is 5.91 Å². The Bertz CT molecular complexity index is 250. The van der Waals surface area contributed by atoms with E-state index in [9.17, 15) is 4.79 Å². The zero-order valence-corrected chi connectivity index (χ0v) is 9.12. The maximum atomic E-state index is 11.8. The van der Waals surface area contributed by atoms with Crippen LogP contribution in [0.25, 0.3) is 0 Å². The molecule has 0 radical (unpaired) electrons. The van der Waals surface area contributed by atoms with Crippen LogP contribution in [0.2, 0.25) is 0 Å². The summed E-state index contributed by atoms with van der Waals surface area (Å²) in [5.41, 5.74) is 5.74. The van der Waals surface area contributed by atoms with E-state index in [4.69, 9.17) is 5.73 Å². The predicted molar refractivity (Wildman–Crippen MR) is 55.6 cm³/mol. The molecule has 2 atom stereocenters. The van der Waals surface area contributed by atoms with Gasteiger partial charge in [0.05, 0.1) is 0 Å². The van der Waals surface area contributed by atoms with Gasteiger partial charge in [0.15, 0.2) is 0 Å². The molecule has 3 nitrogen and oxygen atoms in total. The molecule has 1 aliphatic heterocycles. The first-order valence-electron chi connectivity index (χ1n) is 5.52. The topological polar surface area (TPSA) is 46.3 Å². The van der Waals surface area contributed by atoms with E-state index in [1.54, 1.807) is 0 Å². The average Bonchev–Trinajstić information content (AvgIpc) is 2.90. The van der Waals surface area contributed by atoms with Gasteiger partial charge in [-0.15, -0.1) is 0 Å². The molecule has 2 aliphatic rings. The van der Waals surface area contributed by atoms with Crippen LogP contribution in [-0.2, 0) is 4.79 Å². The van der Waals surface area contributed by atoms with E-state index in [0.29, 0.717) is 18.4 Å². The molecule has 80 valence electrons. The molecule has 1 aliphatic carbocycles. The zero-order valence-electron chi connectivity index (χ0n) is 9.12. The Labute approximate surface area is 85.6 Å². The summed E-state index contributed by atoms with van der Waals surface area (Å²) < 4.78 is 0. The molecule has 2 unspecified atom stereocenters. The SMILES string of the molecule is CC(C)(CN)CN1CCC2CC2C1=O. The Balaban J connectivity index is 1.94. The molecule has 0 aromatic rings. The number of amides is 1. The molecular formula is C11H20N2O. The number of hydrogen-bond acceptors (Lipinski definition) is 2. The van der Waals surface area contributed by atoms with E-state index in [-0.39, 0.29) is 5.41 Å². The fourth-order valence-corrected chi connectivity index (χ4v) is 2.27. The van der Waals surface area contributed by atoms with E-state index < -0.39 is 0 Å². The van der Waals surface area contributed by atoms with Crippen molar-refractivity contribution in [1.82, 2.24) is 4.90 Å². The molecular weight excluding hydrogens is 176 g/mol. The van der Waals surface area contributed by atoms with Gasteiger partial charge < -0.3 is 10.6 Å². The standard InChI is InChI=1S/C11H20N2O/c1-11(2,6-12)7-13-4-3-8-5-9(8)10(13)14/h8-9H,3-7,12H2,1-2H3. The average molecular weight is 196 g/mol. The highest BCUT2D eigenvalue weighted by Gasteiger charge is 2.48. The predicted octanol–water partition coefficient (Wildman–Crippen LogP) is 0.840. The second-order valence-corrected chi connectivity index (χ2v) is 5.52. The number of rotatable bonds is 3. The number of hydrogen-bond donors (Lipinski definition) is 1. The van der Waals surface area contributed by atoms with Crippen molar-refractivity contribution in [1.29, 1.82) is 0 Å². The fourth-order valence-electron chi connectivity index (χ4n) is 2.27. The second-order valence-electron chi connectivity index (χ2n) is 5.52. The molecule has 1 saturated carbocycles. The van der Waals surface area contributed by atoms with Crippen LogP contribution < -0.4 is 5.73 Å². The summed E-state index contributed by atoms with van der Waals surface area (Å²) in [6, 6.07) is 0. The highest BCUT2D eigenvalue weighted by Crippen LogP contribution is 2.46. The Morgan fingerprint density at radius 3 is 2.93 bits per heavy atom. The molecule has 0 spiro atoms. The molecule has 14 heavy (non-hydrogen) atoms. The molecule has 2 rings (SSSR count). The molecule has 0 bridgehead atoms. The molecule has 2 N–H and O–H groups in total. The van der Waals surface area contributed by atoms with Gasteiger partial charge >= 0.3 is 0 Å². The van der Waals surface area contributed by atoms with E-state index in [1.165, 1.54) is 6.42 Å². The van der Waals surface area contributed by atoms with Gasteiger partial charge in [0.25, 0.3) is 0 Å². The van der Waals surface area contributed by atoms with E-state index in [1.807, 2.05) is 4.90 Å². The van der Waals surface area contributed by atoms with Gasteiger partial charge in [-0.2, -0.15) is 0 Å². The van der Waals surface area contributed by atoms with Crippen LogP contribution in [0.15, 0.2) is 0 Å². The van der Waals surface area contributed by atoms with E-state index in [2.05, 4.69) is 13.8 Å². The molecule has 1 saturated heterocycles. The molecule has 0 aromatic carbocycles. The number of nitrogens with two attached hydrogens (primary N) is 1. The van der Waals surface area contributed by atoms with Crippen LogP contribution in [0.3, 0.4) is 0 Å². The lowest BCUT2D eigenvalue weighted by molar-refractivity contribution is -0.136. The lowest BCUT2D eigenvalue weighted by Crippen LogP contribution is -2.45. The Hall–Kier alpha value is -0.570. The van der Waals surface area contributed by atoms with Crippen LogP contribution >= 0.6 is 0 Å². The van der Waals surface area contributed by atoms with Gasteiger partial charge in [0, 0.05) is 19.0 Å². The summed E-state index contributed by atoms with van der Waals surface area (Å²) in [5.74, 6) is 1.47. The monoisotopic (exact) mass is 196 g/mol. The van der Waals surface area contributed by atoms with Crippen molar-refractivity contribution in [2.45, 2.75) is 26.7 Å². The minimum absolute atomic E-state index is 0.0669. The van der Waals surface area contributed by atoms with Crippen LogP contribution in [0.5, 0.6) is 0 Å². The lowest BCUT2D eigenvalue weighted by atomic mass is 9.92. The first kappa shape index (κ1) is 9.97. The van der Waals surface area contributed by atoms with E-state index in [0.717, 1.165) is 25.4 Å². The van der Waals surface area contributed by atoms with E-state index >= 15 is 0 Å². The van der Waals surface area contributed by atoms with Gasteiger partial charge in [-0.25, -0.2) is 0 Å². The third-order valence-corrected chi connectivity index (χ3v) is 3.49. The van der Waals surface area contributed by atoms with Gasteiger partial charge in [-0.05, 0) is 30.7 Å². The van der Waals surface area contributed by atoms with Crippen molar-refractivity contribution in [3.05, 3.63) is 0 Å². The molecule has 3 heteroatoms. The van der Waals surface area contributed by atoms with Gasteiger partial charge in [0.1, 0.15) is 0 Å². The Morgan fingerprint density at radius 1 is 1.57 bits per heavy atom. The molecule has 0 aromatic heterocycles. The smallest absolute Gasteiger partial charge is 0.225 e. The van der Waals surface area contributed by atoms with Gasteiger partial charge in [-0.1, -0.05) is 13.8 Å². The number of carbonyl (C=O) groups excluding carboxylic acids is 1. The van der Waals surface area contributed by atoms with Crippen molar-refractivity contribution < 1.29 is 4.79 Å². The molecule has 1 amide bonds. The second kappa shape index (κ2) is 3.23. The van der Waals surface area contributed by atoms with Crippen molar-refractivity contribution in [2.24, 2.45) is 23.0 Å². The number of carbonyl (C=O) groups is 1. The summed E-state index contributed by atoms with van der Waals surface area (Å²) in [4.78, 5) is 13.9. The Morgan fingerprint density at radius 2 is 2.29 bits per heavy atom. The Kier molecular flexibility index (Phi) is 2.30. The minimum atomic E-state index is 0.0669. The zero-order chi connectivity index (χ0) is 10.3. The third kappa shape index (κ3) is 1.78. The first-order chi connectivity index (χ1) is 6.53. The maximum absolute atomic E-state index is 11.8. The maximum Gasteiger partial charge on any atom is 0.225 e. The number of likely N-dealkylation sites (tertiary alicyclic amines) is 1. The normalized spacial score (nSPS) is 31.6. The van der Waals surface area contributed by atoms with Crippen LogP contribution in [0.4, 0.5) is 0 Å². The van der Waals surface area contributed by atoms with Crippen LogP contribution in [-0.4, -0.2) is 30.4 Å². The number of nitrogens with zero attached hydrogens (tertiary/aromatic N) is 1. The van der Waals surface area contributed by atoms with Gasteiger partial charge in [-0.3, -0.25) is 4.79 Å². The molecule has 1 heterocycles. The number of piperidine rings is 1. The first-order valence-corrected chi connectivity index (χ1v) is 5.52. The quantitative estimate of drug-likeness (QED) is 0.727. The van der Waals surface area contributed by atoms with Crippen molar-refractivity contribution in [2.75, 3.05) is 19.6 Å². The van der Waals surface area contributed by atoms with Crippen molar-refractivity contribution in [3.8, 4) is 0 Å². The summed E-state index contributed by atoms with van der Waals surface area (Å²) in [6.07, 6.45) is 2.34. The lowest BCUT2D eigenvalue weighted by Gasteiger charge is -2.34. The molecule has 2 fully saturated rings. The summed E-state index contributed by atoms with van der Waals surface area (Å²) in [5, 5.41) is 0.